The SMILES string of the molecule is COC(=O)CNC(=O)c1ncc(C#CCOc2ccc(Cl)cc2)cc1O. The highest BCUT2D eigenvalue weighted by atomic mass is 35.5. The van der Waals surface area contributed by atoms with Crippen molar-refractivity contribution in [2.24, 2.45) is 0 Å². The van der Waals surface area contributed by atoms with Gasteiger partial charge in [0, 0.05) is 16.8 Å². The van der Waals surface area contributed by atoms with Crippen LogP contribution in [0.2, 0.25) is 5.02 Å². The van der Waals surface area contributed by atoms with Crippen LogP contribution in [0.5, 0.6) is 11.5 Å². The lowest BCUT2D eigenvalue weighted by Gasteiger charge is -2.05. The molecule has 2 aromatic rings. The van der Waals surface area contributed by atoms with Crippen molar-refractivity contribution in [3.05, 3.63) is 52.8 Å². The molecular formula is C18H15ClN2O5. The van der Waals surface area contributed by atoms with Crippen LogP contribution in [0.4, 0.5) is 0 Å². The first-order valence-corrected chi connectivity index (χ1v) is 7.78. The van der Waals surface area contributed by atoms with Gasteiger partial charge in [-0.2, -0.15) is 0 Å². The predicted octanol–water partition coefficient (Wildman–Crippen LogP) is 1.77. The number of carbonyl (C=O) groups excluding carboxylic acids is 2. The standard InChI is InChI=1S/C18H15ClN2O5/c1-25-16(23)11-21-18(24)17-15(22)9-12(10-20-17)3-2-8-26-14-6-4-13(19)5-7-14/h4-7,9-10,22H,8,11H2,1H3,(H,21,24). The second-order valence-corrected chi connectivity index (χ2v) is 5.33. The number of amides is 1. The molecule has 0 spiro atoms. The zero-order valence-electron chi connectivity index (χ0n) is 13.8. The summed E-state index contributed by atoms with van der Waals surface area (Å²) in [7, 11) is 1.20. The van der Waals surface area contributed by atoms with Gasteiger partial charge in [0.1, 0.15) is 24.7 Å². The van der Waals surface area contributed by atoms with Gasteiger partial charge in [-0.05, 0) is 30.3 Å². The fourth-order valence-corrected chi connectivity index (χ4v) is 1.92. The molecule has 1 aromatic heterocycles. The molecule has 0 bridgehead atoms. The molecule has 0 fully saturated rings. The van der Waals surface area contributed by atoms with Crippen molar-refractivity contribution in [1.29, 1.82) is 0 Å². The van der Waals surface area contributed by atoms with Crippen LogP contribution in [0, 0.1) is 11.8 Å². The Kier molecular flexibility index (Phi) is 6.83. The van der Waals surface area contributed by atoms with Crippen LogP contribution >= 0.6 is 11.6 Å². The van der Waals surface area contributed by atoms with Gasteiger partial charge in [-0.15, -0.1) is 0 Å². The lowest BCUT2D eigenvalue weighted by Crippen LogP contribution is -2.30. The number of ether oxygens (including phenoxy) is 2. The number of halogens is 1. The van der Waals surface area contributed by atoms with E-state index in [0.717, 1.165) is 0 Å². The molecule has 0 atom stereocenters. The first-order valence-electron chi connectivity index (χ1n) is 7.41. The number of nitrogens with zero attached hydrogens (tertiary/aromatic N) is 1. The Hall–Kier alpha value is -3.24. The summed E-state index contributed by atoms with van der Waals surface area (Å²) in [5, 5.41) is 12.8. The maximum absolute atomic E-state index is 11.8. The lowest BCUT2D eigenvalue weighted by molar-refractivity contribution is -0.139. The van der Waals surface area contributed by atoms with Crippen LogP contribution in [0.3, 0.4) is 0 Å². The van der Waals surface area contributed by atoms with Crippen molar-refractivity contribution in [3.63, 3.8) is 0 Å². The largest absolute Gasteiger partial charge is 0.505 e. The van der Waals surface area contributed by atoms with Crippen LogP contribution in [-0.2, 0) is 9.53 Å². The van der Waals surface area contributed by atoms with Crippen molar-refractivity contribution in [2.75, 3.05) is 20.3 Å². The zero-order chi connectivity index (χ0) is 18.9. The molecule has 1 amide bonds. The van der Waals surface area contributed by atoms with Crippen LogP contribution in [0.15, 0.2) is 36.5 Å². The molecule has 2 N–H and O–H groups in total. The molecule has 0 saturated carbocycles. The van der Waals surface area contributed by atoms with Gasteiger partial charge < -0.3 is 19.9 Å². The van der Waals surface area contributed by atoms with Crippen LogP contribution in [0.25, 0.3) is 0 Å². The quantitative estimate of drug-likeness (QED) is 0.611. The number of esters is 1. The minimum absolute atomic E-state index is 0.129. The van der Waals surface area contributed by atoms with E-state index in [1.54, 1.807) is 24.3 Å². The Labute approximate surface area is 154 Å². The molecule has 1 aromatic carbocycles. The lowest BCUT2D eigenvalue weighted by atomic mass is 10.2. The number of benzene rings is 1. The van der Waals surface area contributed by atoms with E-state index < -0.39 is 11.9 Å². The van der Waals surface area contributed by atoms with Gasteiger partial charge in [0.2, 0.25) is 0 Å². The summed E-state index contributed by atoms with van der Waals surface area (Å²) in [6.07, 6.45) is 1.34. The number of rotatable bonds is 5. The third-order valence-corrected chi connectivity index (χ3v) is 3.31. The maximum atomic E-state index is 11.8. The highest BCUT2D eigenvalue weighted by Crippen LogP contribution is 2.16. The molecule has 134 valence electrons. The number of hydrogen-bond acceptors (Lipinski definition) is 6. The summed E-state index contributed by atoms with van der Waals surface area (Å²) in [5.74, 6) is 4.51. The van der Waals surface area contributed by atoms with Gasteiger partial charge >= 0.3 is 5.97 Å². The third kappa shape index (κ3) is 5.69. The minimum atomic E-state index is -0.696. The first-order chi connectivity index (χ1) is 12.5. The van der Waals surface area contributed by atoms with Gasteiger partial charge in [-0.25, -0.2) is 4.98 Å². The molecule has 0 aliphatic heterocycles. The zero-order valence-corrected chi connectivity index (χ0v) is 14.5. The number of nitrogens with one attached hydrogen (secondary N) is 1. The van der Waals surface area contributed by atoms with Gasteiger partial charge in [0.05, 0.1) is 7.11 Å². The van der Waals surface area contributed by atoms with Gasteiger partial charge in [0.25, 0.3) is 5.91 Å². The Bertz CT molecular complexity index is 856. The summed E-state index contributed by atoms with van der Waals surface area (Å²) in [5.41, 5.74) is 0.198. The Morgan fingerprint density at radius 2 is 2.04 bits per heavy atom. The monoisotopic (exact) mass is 374 g/mol. The van der Waals surface area contributed by atoms with E-state index >= 15 is 0 Å². The van der Waals surface area contributed by atoms with Crippen LogP contribution in [0.1, 0.15) is 16.1 Å². The predicted molar refractivity (Wildman–Crippen MR) is 94.1 cm³/mol. The van der Waals surface area contributed by atoms with E-state index in [2.05, 4.69) is 26.9 Å². The molecule has 1 heterocycles. The molecule has 0 radical (unpaired) electrons. The van der Waals surface area contributed by atoms with Gasteiger partial charge in [-0.3, -0.25) is 9.59 Å². The van der Waals surface area contributed by atoms with E-state index in [4.69, 9.17) is 16.3 Å². The van der Waals surface area contributed by atoms with Crippen molar-refractivity contribution < 1.29 is 24.2 Å². The summed E-state index contributed by atoms with van der Waals surface area (Å²) >= 11 is 5.78. The minimum Gasteiger partial charge on any atom is -0.505 e. The molecule has 2 rings (SSSR count). The Balaban J connectivity index is 1.93. The third-order valence-electron chi connectivity index (χ3n) is 3.06. The summed E-state index contributed by atoms with van der Waals surface area (Å²) in [6.45, 7) is -0.191. The number of methoxy groups -OCH3 is 1. The van der Waals surface area contributed by atoms with Crippen LogP contribution in [-0.4, -0.2) is 42.2 Å². The molecule has 8 heteroatoms. The maximum Gasteiger partial charge on any atom is 0.325 e. The summed E-state index contributed by atoms with van der Waals surface area (Å²) in [4.78, 5) is 26.7. The first kappa shape index (κ1) is 19.1. The molecular weight excluding hydrogens is 360 g/mol. The average molecular weight is 375 g/mol. The van der Waals surface area contributed by atoms with Gasteiger partial charge in [0.15, 0.2) is 5.69 Å². The van der Waals surface area contributed by atoms with E-state index in [1.165, 1.54) is 19.4 Å². The Morgan fingerprint density at radius 3 is 2.69 bits per heavy atom. The second kappa shape index (κ2) is 9.30. The fraction of sp³-hybridized carbons (Fsp3) is 0.167. The summed E-state index contributed by atoms with van der Waals surface area (Å²) < 4.78 is 9.82. The van der Waals surface area contributed by atoms with Crippen molar-refractivity contribution in [1.82, 2.24) is 10.3 Å². The highest BCUT2D eigenvalue weighted by Gasteiger charge is 2.14. The molecule has 0 aliphatic rings. The van der Waals surface area contributed by atoms with E-state index in [9.17, 15) is 14.7 Å². The second-order valence-electron chi connectivity index (χ2n) is 4.89. The molecule has 26 heavy (non-hydrogen) atoms. The molecule has 0 unspecified atom stereocenters. The van der Waals surface area contributed by atoms with Gasteiger partial charge in [-0.1, -0.05) is 23.4 Å². The molecule has 7 nitrogen and oxygen atoms in total. The topological polar surface area (TPSA) is 97.8 Å². The molecule has 0 saturated heterocycles. The number of hydrogen-bond donors (Lipinski definition) is 2. The van der Waals surface area contributed by atoms with Crippen LogP contribution < -0.4 is 10.1 Å². The number of aromatic nitrogens is 1. The smallest absolute Gasteiger partial charge is 0.325 e. The Morgan fingerprint density at radius 1 is 1.31 bits per heavy atom. The summed E-state index contributed by atoms with van der Waals surface area (Å²) in [6, 6.07) is 8.15. The van der Waals surface area contributed by atoms with E-state index in [0.29, 0.717) is 16.3 Å². The van der Waals surface area contributed by atoms with Crippen molar-refractivity contribution in [2.45, 2.75) is 0 Å². The number of pyridine rings is 1. The molecule has 0 aliphatic carbocycles. The highest BCUT2D eigenvalue weighted by molar-refractivity contribution is 6.30. The van der Waals surface area contributed by atoms with Crippen molar-refractivity contribution in [3.8, 4) is 23.3 Å². The van der Waals surface area contributed by atoms with E-state index in [-0.39, 0.29) is 24.6 Å². The number of aromatic hydroxyl groups is 1. The van der Waals surface area contributed by atoms with Crippen molar-refractivity contribution >= 4 is 23.5 Å². The van der Waals surface area contributed by atoms with E-state index in [1.807, 2.05) is 0 Å². The normalized spacial score (nSPS) is 9.62. The fourth-order valence-electron chi connectivity index (χ4n) is 1.79. The average Bonchev–Trinajstić information content (AvgIpc) is 2.64. The number of carbonyl (C=O) groups is 2.